The highest BCUT2D eigenvalue weighted by atomic mass is 32.1. The number of nitro benzene ring substituents is 1. The fraction of sp³-hybridized carbons (Fsp3) is 0.111. The third-order valence-corrected chi connectivity index (χ3v) is 4.69. The number of benzene rings is 1. The molecule has 3 aromatic rings. The van der Waals surface area contributed by atoms with Gasteiger partial charge in [-0.15, -0.1) is 11.3 Å². The second-order valence-electron chi connectivity index (χ2n) is 5.45. The standard InChI is InChI=1S/C18H14N2O5S/c21-17(10-12-3-5-13(6-4-12)20(23)24)19-11-14-7-8-16(26-14)18(22)15-2-1-9-25-15/h1-9H,10-11H2,(H,19,21). The van der Waals surface area contributed by atoms with Crippen molar-refractivity contribution in [1.29, 1.82) is 0 Å². The van der Waals surface area contributed by atoms with Gasteiger partial charge in [0.05, 0.1) is 29.0 Å². The van der Waals surface area contributed by atoms with Crippen LogP contribution in [-0.4, -0.2) is 16.6 Å². The number of carbonyl (C=O) groups excluding carboxylic acids is 2. The Labute approximate surface area is 152 Å². The van der Waals surface area contributed by atoms with Crippen LogP contribution in [0.5, 0.6) is 0 Å². The van der Waals surface area contributed by atoms with Gasteiger partial charge in [-0.25, -0.2) is 0 Å². The van der Waals surface area contributed by atoms with E-state index in [1.165, 1.54) is 29.7 Å². The van der Waals surface area contributed by atoms with Gasteiger partial charge >= 0.3 is 0 Å². The third-order valence-electron chi connectivity index (χ3n) is 3.60. The van der Waals surface area contributed by atoms with Crippen LogP contribution in [0.15, 0.2) is 59.2 Å². The van der Waals surface area contributed by atoms with Gasteiger partial charge in [-0.2, -0.15) is 0 Å². The predicted octanol–water partition coefficient (Wildman–Crippen LogP) is 3.34. The van der Waals surface area contributed by atoms with Crippen molar-refractivity contribution < 1.29 is 18.9 Å². The number of nitrogens with one attached hydrogen (secondary N) is 1. The molecular formula is C18H14N2O5S. The molecule has 0 aliphatic heterocycles. The number of hydrogen-bond donors (Lipinski definition) is 1. The fourth-order valence-electron chi connectivity index (χ4n) is 2.29. The minimum absolute atomic E-state index is 0.0125. The molecule has 0 aliphatic rings. The lowest BCUT2D eigenvalue weighted by Gasteiger charge is -2.04. The lowest BCUT2D eigenvalue weighted by atomic mass is 10.1. The zero-order valence-electron chi connectivity index (χ0n) is 13.5. The van der Waals surface area contributed by atoms with E-state index in [0.29, 0.717) is 17.0 Å². The number of amides is 1. The second-order valence-corrected chi connectivity index (χ2v) is 6.62. The Hall–Kier alpha value is -3.26. The molecule has 3 rings (SSSR count). The van der Waals surface area contributed by atoms with Gasteiger partial charge in [0.25, 0.3) is 5.69 Å². The van der Waals surface area contributed by atoms with Gasteiger partial charge in [0.15, 0.2) is 5.76 Å². The molecule has 1 N–H and O–H groups in total. The van der Waals surface area contributed by atoms with Gasteiger partial charge in [0.1, 0.15) is 0 Å². The van der Waals surface area contributed by atoms with E-state index in [2.05, 4.69) is 5.32 Å². The first-order chi connectivity index (χ1) is 12.5. The van der Waals surface area contributed by atoms with Gasteiger partial charge in [-0.1, -0.05) is 12.1 Å². The summed E-state index contributed by atoms with van der Waals surface area (Å²) in [6, 6.07) is 12.6. The van der Waals surface area contributed by atoms with Crippen molar-refractivity contribution in [3.63, 3.8) is 0 Å². The van der Waals surface area contributed by atoms with Crippen molar-refractivity contribution in [2.24, 2.45) is 0 Å². The van der Waals surface area contributed by atoms with Crippen LogP contribution in [0.4, 0.5) is 5.69 Å². The number of furan rings is 1. The maximum Gasteiger partial charge on any atom is 0.269 e. The number of rotatable bonds is 7. The smallest absolute Gasteiger partial charge is 0.269 e. The minimum Gasteiger partial charge on any atom is -0.461 e. The van der Waals surface area contributed by atoms with E-state index in [-0.39, 0.29) is 29.6 Å². The maximum absolute atomic E-state index is 12.2. The van der Waals surface area contributed by atoms with E-state index < -0.39 is 4.92 Å². The van der Waals surface area contributed by atoms with Gasteiger partial charge in [0.2, 0.25) is 11.7 Å². The summed E-state index contributed by atoms with van der Waals surface area (Å²) in [4.78, 5) is 35.7. The zero-order valence-corrected chi connectivity index (χ0v) is 14.3. The van der Waals surface area contributed by atoms with Crippen LogP contribution in [0, 0.1) is 10.1 Å². The SMILES string of the molecule is O=C(Cc1ccc([N+](=O)[O-])cc1)NCc1ccc(C(=O)c2ccco2)s1. The molecule has 0 fully saturated rings. The van der Waals surface area contributed by atoms with Crippen LogP contribution < -0.4 is 5.32 Å². The second kappa shape index (κ2) is 7.75. The molecule has 2 aromatic heterocycles. The van der Waals surface area contributed by atoms with Crippen molar-refractivity contribution in [1.82, 2.24) is 5.32 Å². The Morgan fingerprint density at radius 3 is 2.54 bits per heavy atom. The van der Waals surface area contributed by atoms with Crippen LogP contribution in [0.2, 0.25) is 0 Å². The molecule has 0 spiro atoms. The molecule has 0 aliphatic carbocycles. The summed E-state index contributed by atoms with van der Waals surface area (Å²) in [6.45, 7) is 0.307. The van der Waals surface area contributed by atoms with E-state index in [0.717, 1.165) is 4.88 Å². The molecule has 7 nitrogen and oxygen atoms in total. The molecule has 2 heterocycles. The van der Waals surface area contributed by atoms with E-state index >= 15 is 0 Å². The zero-order chi connectivity index (χ0) is 18.5. The molecule has 0 atom stereocenters. The topological polar surface area (TPSA) is 102 Å². The van der Waals surface area contributed by atoms with Gasteiger partial charge < -0.3 is 9.73 Å². The van der Waals surface area contributed by atoms with Crippen LogP contribution in [-0.2, 0) is 17.8 Å². The van der Waals surface area contributed by atoms with Crippen molar-refractivity contribution in [2.75, 3.05) is 0 Å². The van der Waals surface area contributed by atoms with Crippen LogP contribution >= 0.6 is 11.3 Å². The lowest BCUT2D eigenvalue weighted by molar-refractivity contribution is -0.384. The van der Waals surface area contributed by atoms with Crippen LogP contribution in [0.1, 0.15) is 25.9 Å². The molecule has 0 saturated carbocycles. The Kier molecular flexibility index (Phi) is 5.23. The summed E-state index contributed by atoms with van der Waals surface area (Å²) in [5, 5.41) is 13.4. The average Bonchev–Trinajstić information content (AvgIpc) is 3.32. The lowest BCUT2D eigenvalue weighted by Crippen LogP contribution is -2.24. The van der Waals surface area contributed by atoms with Crippen molar-refractivity contribution in [3.05, 3.63) is 86.0 Å². The van der Waals surface area contributed by atoms with E-state index in [1.54, 1.807) is 36.4 Å². The largest absolute Gasteiger partial charge is 0.461 e. The number of hydrogen-bond acceptors (Lipinski definition) is 6. The van der Waals surface area contributed by atoms with Crippen molar-refractivity contribution in [2.45, 2.75) is 13.0 Å². The number of carbonyl (C=O) groups is 2. The highest BCUT2D eigenvalue weighted by molar-refractivity contribution is 7.14. The Balaban J connectivity index is 1.53. The van der Waals surface area contributed by atoms with Crippen molar-refractivity contribution in [3.8, 4) is 0 Å². The average molecular weight is 370 g/mol. The monoisotopic (exact) mass is 370 g/mol. The number of non-ortho nitro benzene ring substituents is 1. The number of thiophene rings is 1. The molecule has 0 saturated heterocycles. The number of nitrogens with zero attached hydrogens (tertiary/aromatic N) is 1. The first-order valence-corrected chi connectivity index (χ1v) is 8.51. The maximum atomic E-state index is 12.2. The van der Waals surface area contributed by atoms with Crippen LogP contribution in [0.25, 0.3) is 0 Å². The molecule has 0 unspecified atom stereocenters. The van der Waals surface area contributed by atoms with E-state index in [1.807, 2.05) is 0 Å². The highest BCUT2D eigenvalue weighted by Gasteiger charge is 2.14. The summed E-state index contributed by atoms with van der Waals surface area (Å²) >= 11 is 1.29. The Morgan fingerprint density at radius 2 is 1.88 bits per heavy atom. The molecule has 0 radical (unpaired) electrons. The summed E-state index contributed by atoms with van der Waals surface area (Å²) in [7, 11) is 0. The minimum atomic E-state index is -0.484. The molecule has 1 amide bonds. The van der Waals surface area contributed by atoms with E-state index in [9.17, 15) is 19.7 Å². The Bertz CT molecular complexity index is 929. The normalized spacial score (nSPS) is 10.5. The van der Waals surface area contributed by atoms with Gasteiger partial charge in [-0.05, 0) is 29.8 Å². The number of ketones is 1. The highest BCUT2D eigenvalue weighted by Crippen LogP contribution is 2.20. The van der Waals surface area contributed by atoms with Gasteiger partial charge in [-0.3, -0.25) is 19.7 Å². The van der Waals surface area contributed by atoms with E-state index in [4.69, 9.17) is 4.42 Å². The molecule has 132 valence electrons. The quantitative estimate of drug-likeness (QED) is 0.390. The number of nitro groups is 1. The summed E-state index contributed by atoms with van der Waals surface area (Å²) < 4.78 is 5.09. The van der Waals surface area contributed by atoms with Crippen molar-refractivity contribution >= 4 is 28.7 Å². The Morgan fingerprint density at radius 1 is 1.12 bits per heavy atom. The summed E-state index contributed by atoms with van der Waals surface area (Å²) in [5.41, 5.74) is 0.675. The molecule has 1 aromatic carbocycles. The molecular weight excluding hydrogens is 356 g/mol. The predicted molar refractivity (Wildman–Crippen MR) is 95.1 cm³/mol. The summed E-state index contributed by atoms with van der Waals surface area (Å²) in [5.74, 6) is -0.116. The van der Waals surface area contributed by atoms with Crippen LogP contribution in [0.3, 0.4) is 0 Å². The molecule has 26 heavy (non-hydrogen) atoms. The first-order valence-electron chi connectivity index (χ1n) is 7.70. The first kappa shape index (κ1) is 17.6. The van der Waals surface area contributed by atoms with Gasteiger partial charge in [0, 0.05) is 17.0 Å². The molecule has 0 bridgehead atoms. The third kappa shape index (κ3) is 4.22. The fourth-order valence-corrected chi connectivity index (χ4v) is 3.19. The summed E-state index contributed by atoms with van der Waals surface area (Å²) in [6.07, 6.45) is 1.57. The molecule has 8 heteroatoms.